The summed E-state index contributed by atoms with van der Waals surface area (Å²) >= 11 is 0. The number of hydrogen-bond acceptors (Lipinski definition) is 3. The second-order valence-corrected chi connectivity index (χ2v) is 5.65. The third kappa shape index (κ3) is 3.83. The number of carboxylic acids is 1. The monoisotopic (exact) mass is 269 g/mol. The van der Waals surface area contributed by atoms with E-state index >= 15 is 0 Å². The van der Waals surface area contributed by atoms with Gasteiger partial charge in [-0.2, -0.15) is 0 Å². The van der Waals surface area contributed by atoms with Crippen LogP contribution in [0.2, 0.25) is 0 Å². The summed E-state index contributed by atoms with van der Waals surface area (Å²) in [7, 11) is 2.08. The number of carboxylic acid groups (broad SMARTS) is 1. The minimum Gasteiger partial charge on any atom is -0.481 e. The maximum absolute atomic E-state index is 12.1. The first-order valence-corrected chi connectivity index (χ1v) is 7.03. The van der Waals surface area contributed by atoms with E-state index in [1.165, 1.54) is 0 Å². The predicted octanol–water partition coefficient (Wildman–Crippen LogP) is 0.587. The molecular weight excluding hydrogens is 246 g/mol. The van der Waals surface area contributed by atoms with Crippen molar-refractivity contribution in [3.63, 3.8) is 0 Å². The lowest BCUT2D eigenvalue weighted by atomic mass is 9.98. The van der Waals surface area contributed by atoms with Gasteiger partial charge in [-0.3, -0.25) is 4.79 Å². The second kappa shape index (κ2) is 6.23. The number of urea groups is 1. The molecule has 2 aliphatic rings. The van der Waals surface area contributed by atoms with E-state index in [2.05, 4.69) is 17.3 Å². The first-order chi connectivity index (χ1) is 9.06. The SMILES string of the molecule is CN1CCC(NC(=O)N2CCC[C@H](C(=O)O)C2)CC1. The smallest absolute Gasteiger partial charge is 0.317 e. The van der Waals surface area contributed by atoms with Crippen molar-refractivity contribution in [1.29, 1.82) is 0 Å². The molecular formula is C13H23N3O3. The van der Waals surface area contributed by atoms with Gasteiger partial charge in [-0.05, 0) is 45.8 Å². The molecule has 0 radical (unpaired) electrons. The Morgan fingerprint density at radius 2 is 1.84 bits per heavy atom. The molecule has 2 amide bonds. The highest BCUT2D eigenvalue weighted by Crippen LogP contribution is 2.17. The number of nitrogens with zero attached hydrogens (tertiary/aromatic N) is 2. The molecule has 2 rings (SSSR count). The maximum atomic E-state index is 12.1. The Balaban J connectivity index is 1.80. The molecule has 0 aromatic carbocycles. The molecule has 0 bridgehead atoms. The number of carbonyl (C=O) groups is 2. The highest BCUT2D eigenvalue weighted by atomic mass is 16.4. The lowest BCUT2D eigenvalue weighted by Gasteiger charge is -2.34. The number of aliphatic carboxylic acids is 1. The molecule has 6 heteroatoms. The van der Waals surface area contributed by atoms with Crippen LogP contribution in [0, 0.1) is 5.92 Å². The average molecular weight is 269 g/mol. The highest BCUT2D eigenvalue weighted by Gasteiger charge is 2.29. The molecule has 0 spiro atoms. The Hall–Kier alpha value is -1.30. The largest absolute Gasteiger partial charge is 0.481 e. The fraction of sp³-hybridized carbons (Fsp3) is 0.846. The quantitative estimate of drug-likeness (QED) is 0.769. The van der Waals surface area contributed by atoms with Crippen LogP contribution in [0.4, 0.5) is 4.79 Å². The van der Waals surface area contributed by atoms with E-state index in [1.54, 1.807) is 4.90 Å². The molecule has 0 aliphatic carbocycles. The van der Waals surface area contributed by atoms with E-state index in [0.717, 1.165) is 32.4 Å². The highest BCUT2D eigenvalue weighted by molar-refractivity contribution is 5.76. The zero-order valence-electron chi connectivity index (χ0n) is 11.5. The Bertz CT molecular complexity index is 340. The van der Waals surface area contributed by atoms with Crippen LogP contribution in [0.25, 0.3) is 0 Å². The summed E-state index contributed by atoms with van der Waals surface area (Å²) < 4.78 is 0. The van der Waals surface area contributed by atoms with Crippen molar-refractivity contribution in [2.24, 2.45) is 5.92 Å². The number of rotatable bonds is 2. The first kappa shape index (κ1) is 14.1. The molecule has 19 heavy (non-hydrogen) atoms. The standard InChI is InChI=1S/C13H23N3O3/c1-15-7-4-11(5-8-15)14-13(19)16-6-2-3-10(9-16)12(17)18/h10-11H,2-9H2,1H3,(H,14,19)(H,17,18)/t10-/m0/s1. The normalized spacial score (nSPS) is 26.2. The van der Waals surface area contributed by atoms with Gasteiger partial charge in [0.05, 0.1) is 5.92 Å². The summed E-state index contributed by atoms with van der Waals surface area (Å²) in [5.74, 6) is -1.20. The average Bonchev–Trinajstić information content (AvgIpc) is 2.41. The summed E-state index contributed by atoms with van der Waals surface area (Å²) in [6.07, 6.45) is 3.39. The minimum atomic E-state index is -0.795. The molecule has 2 N–H and O–H groups in total. The van der Waals surface area contributed by atoms with Crippen LogP contribution >= 0.6 is 0 Å². The molecule has 0 saturated carbocycles. The van der Waals surface area contributed by atoms with Crippen molar-refractivity contribution in [3.8, 4) is 0 Å². The molecule has 2 heterocycles. The van der Waals surface area contributed by atoms with E-state index < -0.39 is 11.9 Å². The van der Waals surface area contributed by atoms with Gasteiger partial charge in [0.1, 0.15) is 0 Å². The Kier molecular flexibility index (Phi) is 4.63. The zero-order chi connectivity index (χ0) is 13.8. The van der Waals surface area contributed by atoms with E-state index in [4.69, 9.17) is 5.11 Å². The summed E-state index contributed by atoms with van der Waals surface area (Å²) in [5, 5.41) is 12.1. The van der Waals surface area contributed by atoms with Gasteiger partial charge in [0.15, 0.2) is 0 Å². The van der Waals surface area contributed by atoms with E-state index in [9.17, 15) is 9.59 Å². The number of amides is 2. The molecule has 2 aliphatic heterocycles. The van der Waals surface area contributed by atoms with Crippen LogP contribution in [-0.2, 0) is 4.79 Å². The van der Waals surface area contributed by atoms with Crippen LogP contribution in [0.15, 0.2) is 0 Å². The van der Waals surface area contributed by atoms with Crippen molar-refractivity contribution in [3.05, 3.63) is 0 Å². The molecule has 1 atom stereocenters. The van der Waals surface area contributed by atoms with Crippen molar-refractivity contribution in [2.75, 3.05) is 33.2 Å². The lowest BCUT2D eigenvalue weighted by molar-refractivity contribution is -0.143. The number of piperidine rings is 2. The Morgan fingerprint density at radius 3 is 2.47 bits per heavy atom. The topological polar surface area (TPSA) is 72.9 Å². The molecule has 0 aromatic rings. The summed E-state index contributed by atoms with van der Waals surface area (Å²) in [5.41, 5.74) is 0. The van der Waals surface area contributed by atoms with Crippen molar-refractivity contribution < 1.29 is 14.7 Å². The fourth-order valence-electron chi connectivity index (χ4n) is 2.78. The molecule has 108 valence electrons. The van der Waals surface area contributed by atoms with Crippen molar-refractivity contribution in [2.45, 2.75) is 31.7 Å². The Morgan fingerprint density at radius 1 is 1.16 bits per heavy atom. The van der Waals surface area contributed by atoms with Crippen LogP contribution in [0.5, 0.6) is 0 Å². The van der Waals surface area contributed by atoms with Crippen LogP contribution in [0.1, 0.15) is 25.7 Å². The third-order valence-corrected chi connectivity index (χ3v) is 4.10. The predicted molar refractivity (Wildman–Crippen MR) is 71.0 cm³/mol. The summed E-state index contributed by atoms with van der Waals surface area (Å²) in [6, 6.07) is 0.134. The van der Waals surface area contributed by atoms with Gasteiger partial charge in [-0.15, -0.1) is 0 Å². The van der Waals surface area contributed by atoms with Crippen molar-refractivity contribution in [1.82, 2.24) is 15.1 Å². The summed E-state index contributed by atoms with van der Waals surface area (Å²) in [6.45, 7) is 3.02. The minimum absolute atomic E-state index is 0.0968. The van der Waals surface area contributed by atoms with E-state index in [1.807, 2.05) is 0 Å². The van der Waals surface area contributed by atoms with Gasteiger partial charge >= 0.3 is 12.0 Å². The molecule has 6 nitrogen and oxygen atoms in total. The number of nitrogens with one attached hydrogen (secondary N) is 1. The number of hydrogen-bond donors (Lipinski definition) is 2. The van der Waals surface area contributed by atoms with E-state index in [-0.39, 0.29) is 12.1 Å². The van der Waals surface area contributed by atoms with Crippen LogP contribution in [0.3, 0.4) is 0 Å². The fourth-order valence-corrected chi connectivity index (χ4v) is 2.78. The van der Waals surface area contributed by atoms with Gasteiger partial charge < -0.3 is 20.2 Å². The summed E-state index contributed by atoms with van der Waals surface area (Å²) in [4.78, 5) is 27.0. The second-order valence-electron chi connectivity index (χ2n) is 5.65. The Labute approximate surface area is 113 Å². The molecule has 2 fully saturated rings. The third-order valence-electron chi connectivity index (χ3n) is 4.10. The van der Waals surface area contributed by atoms with Crippen molar-refractivity contribution >= 4 is 12.0 Å². The van der Waals surface area contributed by atoms with Crippen LogP contribution < -0.4 is 5.32 Å². The molecule has 0 unspecified atom stereocenters. The van der Waals surface area contributed by atoms with Gasteiger partial charge in [0, 0.05) is 19.1 Å². The molecule has 0 aromatic heterocycles. The van der Waals surface area contributed by atoms with Gasteiger partial charge in [0.2, 0.25) is 0 Å². The number of likely N-dealkylation sites (tertiary alicyclic amines) is 2. The van der Waals surface area contributed by atoms with Gasteiger partial charge in [-0.1, -0.05) is 0 Å². The van der Waals surface area contributed by atoms with Gasteiger partial charge in [-0.25, -0.2) is 4.79 Å². The van der Waals surface area contributed by atoms with E-state index in [0.29, 0.717) is 19.5 Å². The first-order valence-electron chi connectivity index (χ1n) is 7.03. The van der Waals surface area contributed by atoms with Crippen LogP contribution in [-0.4, -0.2) is 66.2 Å². The van der Waals surface area contributed by atoms with Gasteiger partial charge in [0.25, 0.3) is 0 Å². The number of carbonyl (C=O) groups excluding carboxylic acids is 1. The zero-order valence-corrected chi connectivity index (χ0v) is 11.5. The molecule has 2 saturated heterocycles. The maximum Gasteiger partial charge on any atom is 0.317 e. The lowest BCUT2D eigenvalue weighted by Crippen LogP contribution is -2.51.